The number of phosphoric acid groups is 2. The van der Waals surface area contributed by atoms with Crippen molar-refractivity contribution in [3.05, 3.63) is 0 Å². The fourth-order valence-electron chi connectivity index (χ4n) is 0. The molecule has 75 valence electrons. The molecule has 0 bridgehead atoms. The van der Waals surface area contributed by atoms with E-state index < -0.39 is 15.6 Å². The zero-order chi connectivity index (χ0) is 9.00. The van der Waals surface area contributed by atoms with Crippen molar-refractivity contribution in [2.45, 2.75) is 0 Å². The van der Waals surface area contributed by atoms with Crippen molar-refractivity contribution in [2.75, 3.05) is 0 Å². The van der Waals surface area contributed by atoms with Gasteiger partial charge in [-0.1, -0.05) is 0 Å². The van der Waals surface area contributed by atoms with E-state index in [9.17, 15) is 0 Å². The van der Waals surface area contributed by atoms with Crippen LogP contribution in [0.3, 0.4) is 0 Å². The first-order valence-corrected chi connectivity index (χ1v) is 4.38. The van der Waals surface area contributed by atoms with Gasteiger partial charge in [0.25, 0.3) is 0 Å². The quantitative estimate of drug-likeness (QED) is 0.309. The van der Waals surface area contributed by atoms with Crippen LogP contribution in [0.1, 0.15) is 0 Å². The summed E-state index contributed by atoms with van der Waals surface area (Å²) in [4.78, 5) is 51.3. The van der Waals surface area contributed by atoms with Gasteiger partial charge < -0.3 is 38.5 Å². The third-order valence-corrected chi connectivity index (χ3v) is 0. The normalized spacial score (nSPS) is 6.94. The van der Waals surface area contributed by atoms with E-state index in [4.69, 9.17) is 38.5 Å². The van der Waals surface area contributed by atoms with Crippen molar-refractivity contribution in [1.29, 1.82) is 0 Å². The molecule has 0 N–H and O–H groups in total. The third-order valence-electron chi connectivity index (χ3n) is 0. The van der Waals surface area contributed by atoms with E-state index in [1.165, 1.54) is 0 Å². The van der Waals surface area contributed by atoms with Gasteiger partial charge in [0.2, 0.25) is 0 Å². The molecule has 0 saturated carbocycles. The van der Waals surface area contributed by atoms with Gasteiger partial charge in [-0.05, 0) is 0 Å². The zero-order valence-corrected chi connectivity index (χ0v) is 10.4. The molecule has 1 radical (unpaired) electrons. The first-order chi connectivity index (χ1) is 4.00. The second-order valence-electron chi connectivity index (χ2n) is 0.894. The molecule has 0 aliphatic heterocycles. The number of hydrogen-bond acceptors (Lipinski definition) is 8. The van der Waals surface area contributed by atoms with E-state index >= 15 is 0 Å². The Labute approximate surface area is 212 Å². The maximum absolute atomic E-state index is 8.55. The van der Waals surface area contributed by atoms with Crippen LogP contribution < -0.4 is 85.9 Å². The second-order valence-corrected chi connectivity index (χ2v) is 2.68. The van der Waals surface area contributed by atoms with Gasteiger partial charge >= 0.3 is 162 Å². The van der Waals surface area contributed by atoms with Gasteiger partial charge in [0.1, 0.15) is 0 Å². The Morgan fingerprint density at radius 3 is 0.529 bits per heavy atom. The Balaban J connectivity index is -0.00000000762. The summed E-state index contributed by atoms with van der Waals surface area (Å²) in [6, 6.07) is 0. The second kappa shape index (κ2) is 29.5. The summed E-state index contributed by atoms with van der Waals surface area (Å²) in [5.41, 5.74) is 0. The summed E-state index contributed by atoms with van der Waals surface area (Å²) in [5, 5.41) is 0. The molecule has 17 heteroatoms. The van der Waals surface area contributed by atoms with Crippen LogP contribution in [0.2, 0.25) is 0 Å². The first-order valence-electron chi connectivity index (χ1n) is 1.46. The molecule has 0 heterocycles. The van der Waals surface area contributed by atoms with E-state index in [1.807, 2.05) is 0 Å². The third kappa shape index (κ3) is 268. The van der Waals surface area contributed by atoms with Crippen LogP contribution in [-0.2, 0) is 26.2 Å². The van der Waals surface area contributed by atoms with Crippen molar-refractivity contribution in [3.8, 4) is 0 Å². The van der Waals surface area contributed by atoms with Crippen molar-refractivity contribution < 1.29 is 112 Å². The molecule has 8 nitrogen and oxygen atoms in total. The monoisotopic (exact) mass is 339 g/mol. The predicted octanol–water partition coefficient (Wildman–Crippen LogP) is -16.6. The summed E-state index contributed by atoms with van der Waals surface area (Å²) in [6.07, 6.45) is 0. The Morgan fingerprint density at radius 2 is 0.529 bits per heavy atom. The maximum atomic E-state index is 8.55. The molecular formula is H3FeLi3Na3O8P2. The molecule has 0 rings (SSSR count). The molecule has 0 atom stereocenters. The fourth-order valence-corrected chi connectivity index (χ4v) is 0. The van der Waals surface area contributed by atoms with Crippen LogP contribution in [-0.4, -0.2) is 88.7 Å². The summed E-state index contributed by atoms with van der Waals surface area (Å²) in [7, 11) is -10.8. The fraction of sp³-hybridized carbons (Fsp3) is 0. The Bertz CT molecular complexity index is 146. The average molecular weight is 339 g/mol. The zero-order valence-electron chi connectivity index (χ0n) is 7.51. The topological polar surface area (TPSA) is 172 Å². The van der Waals surface area contributed by atoms with Gasteiger partial charge in [-0.2, -0.15) is 15.6 Å². The van der Waals surface area contributed by atoms with Crippen LogP contribution in [0.5, 0.6) is 0 Å². The van der Waals surface area contributed by atoms with Crippen molar-refractivity contribution in [3.63, 3.8) is 0 Å². The standard InChI is InChI=1S/Fe.3Li.3Na.2H3O4P.3H/c;;;;;;;2*1-5(2,3)4;;;/h;;;;;;;2*(H3,1,2,3,4);;;/q+3;3*+1;;;;;;;;/p-6. The van der Waals surface area contributed by atoms with Gasteiger partial charge in [-0.15, -0.1) is 0 Å². The van der Waals surface area contributed by atoms with Crippen LogP contribution in [0, 0.1) is 0 Å². The molecule has 0 amide bonds. The SMILES string of the molecule is O=P([O-])([O-])[O-].O=P([O-])([O-])[O-].[Fe+3].[Li+].[Li+].[Li+].[NaH].[NaH].[NaH]. The predicted molar refractivity (Wildman–Crippen MR) is 36.7 cm³/mol. The van der Waals surface area contributed by atoms with Gasteiger partial charge in [0.15, 0.2) is 0 Å². The van der Waals surface area contributed by atoms with Crippen LogP contribution in [0.4, 0.5) is 0 Å². The summed E-state index contributed by atoms with van der Waals surface area (Å²) in [5.74, 6) is 0. The molecule has 0 aliphatic rings. The molecule has 0 spiro atoms. The molecule has 0 fully saturated rings. The summed E-state index contributed by atoms with van der Waals surface area (Å²) < 4.78 is 17.1. The number of rotatable bonds is 0. The molecule has 0 aromatic carbocycles. The van der Waals surface area contributed by atoms with Gasteiger partial charge in [0.05, 0.1) is 0 Å². The minimum atomic E-state index is -5.39. The Hall–Kier alpha value is 5.53. The van der Waals surface area contributed by atoms with E-state index in [-0.39, 0.29) is 162 Å². The molecule has 0 saturated heterocycles. The van der Waals surface area contributed by atoms with Crippen molar-refractivity contribution in [2.24, 2.45) is 0 Å². The molecular weight excluding hydrogens is 336 g/mol. The molecule has 0 unspecified atom stereocenters. The van der Waals surface area contributed by atoms with Gasteiger partial charge in [0, 0.05) is 0 Å². The van der Waals surface area contributed by atoms with E-state index in [0.717, 1.165) is 0 Å². The van der Waals surface area contributed by atoms with Crippen LogP contribution in [0.25, 0.3) is 0 Å². The van der Waals surface area contributed by atoms with Crippen molar-refractivity contribution in [1.82, 2.24) is 0 Å². The van der Waals surface area contributed by atoms with E-state index in [2.05, 4.69) is 0 Å². The van der Waals surface area contributed by atoms with E-state index in [1.54, 1.807) is 0 Å². The Kier molecular flexibility index (Phi) is 99.1. The van der Waals surface area contributed by atoms with Gasteiger partial charge in [-0.3, -0.25) is 0 Å². The minimum absolute atomic E-state index is 0. The van der Waals surface area contributed by atoms with E-state index in [0.29, 0.717) is 0 Å². The van der Waals surface area contributed by atoms with Gasteiger partial charge in [-0.25, -0.2) is 0 Å². The molecule has 0 aromatic heterocycles. The Morgan fingerprint density at radius 1 is 0.529 bits per heavy atom. The first kappa shape index (κ1) is 57.0. The average Bonchev–Trinajstić information content (AvgIpc) is 1.12. The molecule has 17 heavy (non-hydrogen) atoms. The molecule has 0 aromatic rings. The number of hydrogen-bond donors (Lipinski definition) is 0. The van der Waals surface area contributed by atoms with Crippen LogP contribution in [0.15, 0.2) is 0 Å². The molecule has 0 aliphatic carbocycles. The summed E-state index contributed by atoms with van der Waals surface area (Å²) in [6.45, 7) is 0. The van der Waals surface area contributed by atoms with Crippen molar-refractivity contribution >= 4 is 104 Å². The summed E-state index contributed by atoms with van der Waals surface area (Å²) >= 11 is 0. The van der Waals surface area contributed by atoms with Crippen LogP contribution >= 0.6 is 15.6 Å².